The fraction of sp³-hybridized carbons (Fsp3) is 0.294. The molecule has 0 spiro atoms. The van der Waals surface area contributed by atoms with Crippen LogP contribution in [0, 0.1) is 0 Å². The first kappa shape index (κ1) is 14.2. The Hall–Kier alpha value is -1.71. The molecular formula is C17H17ClO3. The van der Waals surface area contributed by atoms with Gasteiger partial charge in [0, 0.05) is 5.56 Å². The number of halogens is 1. The molecule has 0 saturated heterocycles. The predicted octanol–water partition coefficient (Wildman–Crippen LogP) is 3.97. The summed E-state index contributed by atoms with van der Waals surface area (Å²) in [5, 5.41) is 11.1. The zero-order chi connectivity index (χ0) is 14.8. The van der Waals surface area contributed by atoms with Crippen molar-refractivity contribution in [2.24, 2.45) is 0 Å². The van der Waals surface area contributed by atoms with Crippen LogP contribution >= 0.6 is 11.6 Å². The maximum absolute atomic E-state index is 10.6. The van der Waals surface area contributed by atoms with Crippen LogP contribution < -0.4 is 9.47 Å². The molecule has 1 N–H and O–H groups in total. The van der Waals surface area contributed by atoms with Gasteiger partial charge in [0.25, 0.3) is 0 Å². The molecular weight excluding hydrogens is 288 g/mol. The number of benzene rings is 2. The quantitative estimate of drug-likeness (QED) is 0.908. The Morgan fingerprint density at radius 3 is 2.67 bits per heavy atom. The highest BCUT2D eigenvalue weighted by molar-refractivity contribution is 6.31. The molecule has 0 radical (unpaired) electrons. The monoisotopic (exact) mass is 304 g/mol. The summed E-state index contributed by atoms with van der Waals surface area (Å²) in [7, 11) is 1.56. The number of rotatable bonds is 5. The van der Waals surface area contributed by atoms with E-state index in [0.29, 0.717) is 22.4 Å². The number of ether oxygens (including phenoxy) is 2. The summed E-state index contributed by atoms with van der Waals surface area (Å²) in [5.74, 6) is 1.35. The van der Waals surface area contributed by atoms with Crippen LogP contribution in [0.2, 0.25) is 5.02 Å². The van der Waals surface area contributed by atoms with Gasteiger partial charge in [-0.1, -0.05) is 29.8 Å². The van der Waals surface area contributed by atoms with Crippen LogP contribution in [0.1, 0.15) is 30.1 Å². The normalized spacial score (nSPS) is 15.6. The Balaban J connectivity index is 1.92. The van der Waals surface area contributed by atoms with Crippen molar-refractivity contribution in [3.8, 4) is 11.5 Å². The van der Waals surface area contributed by atoms with E-state index >= 15 is 0 Å². The Labute approximate surface area is 129 Å². The van der Waals surface area contributed by atoms with Gasteiger partial charge in [-0.05, 0) is 42.7 Å². The van der Waals surface area contributed by atoms with Crippen molar-refractivity contribution < 1.29 is 14.6 Å². The van der Waals surface area contributed by atoms with Crippen LogP contribution in [0.25, 0.3) is 0 Å². The summed E-state index contributed by atoms with van der Waals surface area (Å²) >= 11 is 6.22. The first-order chi connectivity index (χ1) is 10.2. The van der Waals surface area contributed by atoms with Crippen molar-refractivity contribution in [2.45, 2.75) is 25.0 Å². The lowest BCUT2D eigenvalue weighted by Gasteiger charge is -2.17. The van der Waals surface area contributed by atoms with Crippen LogP contribution in [0.15, 0.2) is 42.5 Å². The minimum absolute atomic E-state index is 0.326. The van der Waals surface area contributed by atoms with E-state index in [-0.39, 0.29) is 0 Å². The summed E-state index contributed by atoms with van der Waals surface area (Å²) in [4.78, 5) is 0. The molecule has 21 heavy (non-hydrogen) atoms. The molecule has 1 aliphatic rings. The maximum atomic E-state index is 10.6. The highest BCUT2D eigenvalue weighted by Crippen LogP contribution is 2.37. The average Bonchev–Trinajstić information content (AvgIpc) is 3.30. The first-order valence-electron chi connectivity index (χ1n) is 6.96. The van der Waals surface area contributed by atoms with Gasteiger partial charge in [0.05, 0.1) is 18.2 Å². The summed E-state index contributed by atoms with van der Waals surface area (Å²) in [5.41, 5.74) is 1.31. The molecule has 0 aliphatic heterocycles. The van der Waals surface area contributed by atoms with Gasteiger partial charge in [-0.2, -0.15) is 0 Å². The lowest BCUT2D eigenvalue weighted by atomic mass is 10.0. The second-order valence-corrected chi connectivity index (χ2v) is 5.56. The number of methoxy groups -OCH3 is 1. The summed E-state index contributed by atoms with van der Waals surface area (Å²) < 4.78 is 11.1. The topological polar surface area (TPSA) is 38.7 Å². The van der Waals surface area contributed by atoms with E-state index in [1.165, 1.54) is 0 Å². The van der Waals surface area contributed by atoms with Crippen molar-refractivity contribution in [1.29, 1.82) is 0 Å². The van der Waals surface area contributed by atoms with Crippen molar-refractivity contribution in [1.82, 2.24) is 0 Å². The maximum Gasteiger partial charge on any atom is 0.126 e. The second-order valence-electron chi connectivity index (χ2n) is 5.15. The van der Waals surface area contributed by atoms with Crippen LogP contribution in [-0.4, -0.2) is 18.3 Å². The molecule has 0 amide bonds. The number of aliphatic hydroxyl groups is 1. The number of hydrogen-bond acceptors (Lipinski definition) is 3. The lowest BCUT2D eigenvalue weighted by Crippen LogP contribution is -2.04. The van der Waals surface area contributed by atoms with Crippen molar-refractivity contribution >= 4 is 11.6 Å². The van der Waals surface area contributed by atoms with Crippen LogP contribution in [0.3, 0.4) is 0 Å². The zero-order valence-corrected chi connectivity index (χ0v) is 12.5. The van der Waals surface area contributed by atoms with E-state index < -0.39 is 6.10 Å². The Morgan fingerprint density at radius 1 is 1.19 bits per heavy atom. The van der Waals surface area contributed by atoms with E-state index in [1.807, 2.05) is 24.3 Å². The van der Waals surface area contributed by atoms with Crippen molar-refractivity contribution in [3.63, 3.8) is 0 Å². The van der Waals surface area contributed by atoms with Gasteiger partial charge in [0.2, 0.25) is 0 Å². The molecule has 4 heteroatoms. The Morgan fingerprint density at radius 2 is 1.95 bits per heavy atom. The van der Waals surface area contributed by atoms with Gasteiger partial charge in [-0.25, -0.2) is 0 Å². The van der Waals surface area contributed by atoms with E-state index in [9.17, 15) is 5.11 Å². The summed E-state index contributed by atoms with van der Waals surface area (Å²) in [6, 6.07) is 12.8. The average molecular weight is 305 g/mol. The van der Waals surface area contributed by atoms with Crippen LogP contribution in [-0.2, 0) is 0 Å². The molecule has 1 unspecified atom stereocenters. The van der Waals surface area contributed by atoms with E-state index in [1.54, 1.807) is 25.3 Å². The smallest absolute Gasteiger partial charge is 0.126 e. The fourth-order valence-corrected chi connectivity index (χ4v) is 2.53. The third-order valence-electron chi connectivity index (χ3n) is 3.51. The van der Waals surface area contributed by atoms with Crippen LogP contribution in [0.4, 0.5) is 0 Å². The summed E-state index contributed by atoms with van der Waals surface area (Å²) in [6.45, 7) is 0. The van der Waals surface area contributed by atoms with Crippen molar-refractivity contribution in [2.75, 3.05) is 7.11 Å². The SMILES string of the molecule is COc1cccc(Cl)c1C(O)c1cccc(OC2CC2)c1. The van der Waals surface area contributed by atoms with E-state index in [2.05, 4.69) is 0 Å². The zero-order valence-electron chi connectivity index (χ0n) is 11.8. The minimum atomic E-state index is -0.851. The molecule has 0 bridgehead atoms. The lowest BCUT2D eigenvalue weighted by molar-refractivity contribution is 0.213. The number of hydrogen-bond donors (Lipinski definition) is 1. The molecule has 2 aromatic carbocycles. The van der Waals surface area contributed by atoms with Gasteiger partial charge < -0.3 is 14.6 Å². The third-order valence-corrected chi connectivity index (χ3v) is 3.84. The molecule has 0 heterocycles. The standard InChI is InChI=1S/C17H17ClO3/c1-20-15-7-3-6-14(18)16(15)17(19)11-4-2-5-13(10-11)21-12-8-9-12/h2-7,10,12,17,19H,8-9H2,1H3. The molecule has 3 nitrogen and oxygen atoms in total. The van der Waals surface area contributed by atoms with Gasteiger partial charge in [-0.3, -0.25) is 0 Å². The first-order valence-corrected chi connectivity index (χ1v) is 7.34. The molecule has 3 rings (SSSR count). The molecule has 1 fully saturated rings. The van der Waals surface area contributed by atoms with Crippen LogP contribution in [0.5, 0.6) is 11.5 Å². The summed E-state index contributed by atoms with van der Waals surface area (Å²) in [6.07, 6.45) is 1.68. The van der Waals surface area contributed by atoms with Gasteiger partial charge in [0.1, 0.15) is 17.6 Å². The third kappa shape index (κ3) is 3.14. The molecule has 110 valence electrons. The van der Waals surface area contributed by atoms with E-state index in [0.717, 1.165) is 24.2 Å². The highest BCUT2D eigenvalue weighted by atomic mass is 35.5. The van der Waals surface area contributed by atoms with Gasteiger partial charge >= 0.3 is 0 Å². The highest BCUT2D eigenvalue weighted by Gasteiger charge is 2.24. The van der Waals surface area contributed by atoms with Gasteiger partial charge in [-0.15, -0.1) is 0 Å². The Kier molecular flexibility index (Phi) is 4.04. The molecule has 1 atom stereocenters. The minimum Gasteiger partial charge on any atom is -0.496 e. The second kappa shape index (κ2) is 5.96. The molecule has 1 saturated carbocycles. The largest absolute Gasteiger partial charge is 0.496 e. The molecule has 2 aromatic rings. The molecule has 1 aliphatic carbocycles. The number of aliphatic hydroxyl groups excluding tert-OH is 1. The van der Waals surface area contributed by atoms with Crippen molar-refractivity contribution in [3.05, 3.63) is 58.6 Å². The Bertz CT molecular complexity index is 638. The van der Waals surface area contributed by atoms with Gasteiger partial charge in [0.15, 0.2) is 0 Å². The van der Waals surface area contributed by atoms with E-state index in [4.69, 9.17) is 21.1 Å². The fourth-order valence-electron chi connectivity index (χ4n) is 2.26. The predicted molar refractivity (Wildman–Crippen MR) is 82.2 cm³/mol. The molecule has 0 aromatic heterocycles.